The summed E-state index contributed by atoms with van der Waals surface area (Å²) in [4.78, 5) is 0. The molecule has 0 amide bonds. The summed E-state index contributed by atoms with van der Waals surface area (Å²) in [6.07, 6.45) is 4.67. The summed E-state index contributed by atoms with van der Waals surface area (Å²) in [6, 6.07) is 4.74. The second-order valence-electron chi connectivity index (χ2n) is 5.68. The molecular formula is C16H23Br2NO. The van der Waals surface area contributed by atoms with E-state index in [1.54, 1.807) is 0 Å². The number of benzene rings is 1. The van der Waals surface area contributed by atoms with Gasteiger partial charge >= 0.3 is 0 Å². The van der Waals surface area contributed by atoms with Crippen molar-refractivity contribution in [1.82, 2.24) is 5.32 Å². The Morgan fingerprint density at radius 1 is 1.30 bits per heavy atom. The molecule has 2 rings (SSSR count). The number of methoxy groups -OCH3 is 1. The summed E-state index contributed by atoms with van der Waals surface area (Å²) in [5, 5.41) is 3.61. The number of hydrogen-bond donors (Lipinski definition) is 1. The molecule has 112 valence electrons. The largest absolute Gasteiger partial charge is 0.378 e. The van der Waals surface area contributed by atoms with Gasteiger partial charge in [-0.3, -0.25) is 0 Å². The molecule has 1 aromatic rings. The van der Waals surface area contributed by atoms with Gasteiger partial charge in [0.05, 0.1) is 5.60 Å². The fourth-order valence-corrected chi connectivity index (χ4v) is 4.00. The first-order valence-corrected chi connectivity index (χ1v) is 8.84. The Labute approximate surface area is 138 Å². The van der Waals surface area contributed by atoms with Crippen LogP contribution < -0.4 is 5.32 Å². The van der Waals surface area contributed by atoms with E-state index in [-0.39, 0.29) is 5.60 Å². The van der Waals surface area contributed by atoms with Crippen LogP contribution in [0.4, 0.5) is 0 Å². The molecule has 20 heavy (non-hydrogen) atoms. The monoisotopic (exact) mass is 403 g/mol. The van der Waals surface area contributed by atoms with Gasteiger partial charge in [0.25, 0.3) is 0 Å². The molecule has 0 spiro atoms. The molecule has 0 saturated heterocycles. The van der Waals surface area contributed by atoms with E-state index in [0.29, 0.717) is 6.04 Å². The standard InChI is InChI=1S/C16H23Br2NO/c1-4-19-15(10-16(20-3)6-5-7-16)12-9-13(17)11(2)8-14(12)18/h8-9,15,19H,4-7,10H2,1-3H3. The van der Waals surface area contributed by atoms with Gasteiger partial charge < -0.3 is 10.1 Å². The van der Waals surface area contributed by atoms with Gasteiger partial charge in [0, 0.05) is 22.1 Å². The molecule has 0 bridgehead atoms. The number of rotatable bonds is 6. The fraction of sp³-hybridized carbons (Fsp3) is 0.625. The van der Waals surface area contributed by atoms with E-state index in [1.165, 1.54) is 39.3 Å². The molecule has 0 heterocycles. The Morgan fingerprint density at radius 3 is 2.50 bits per heavy atom. The maximum absolute atomic E-state index is 5.80. The number of hydrogen-bond acceptors (Lipinski definition) is 2. The summed E-state index contributed by atoms with van der Waals surface area (Å²) < 4.78 is 8.14. The number of halogens is 2. The molecule has 1 fully saturated rings. The molecule has 1 saturated carbocycles. The van der Waals surface area contributed by atoms with Crippen LogP contribution in [0.15, 0.2) is 21.1 Å². The zero-order valence-electron chi connectivity index (χ0n) is 12.4. The SMILES string of the molecule is CCNC(CC1(OC)CCC1)c1cc(Br)c(C)cc1Br. The van der Waals surface area contributed by atoms with E-state index in [1.807, 2.05) is 7.11 Å². The van der Waals surface area contributed by atoms with Gasteiger partial charge in [-0.15, -0.1) is 0 Å². The van der Waals surface area contributed by atoms with Crippen LogP contribution in [0.2, 0.25) is 0 Å². The van der Waals surface area contributed by atoms with Crippen molar-refractivity contribution in [3.8, 4) is 0 Å². The average Bonchev–Trinajstić information content (AvgIpc) is 2.37. The van der Waals surface area contributed by atoms with E-state index in [9.17, 15) is 0 Å². The van der Waals surface area contributed by atoms with Crippen molar-refractivity contribution in [3.05, 3.63) is 32.2 Å². The highest BCUT2D eigenvalue weighted by molar-refractivity contribution is 9.11. The van der Waals surface area contributed by atoms with Gasteiger partial charge in [-0.1, -0.05) is 38.8 Å². The first-order chi connectivity index (χ1) is 9.51. The quantitative estimate of drug-likeness (QED) is 0.709. The van der Waals surface area contributed by atoms with Gasteiger partial charge in [-0.2, -0.15) is 0 Å². The van der Waals surface area contributed by atoms with Crippen molar-refractivity contribution >= 4 is 31.9 Å². The zero-order chi connectivity index (χ0) is 14.8. The molecule has 4 heteroatoms. The Hall–Kier alpha value is 0.1000. The second-order valence-corrected chi connectivity index (χ2v) is 7.39. The lowest BCUT2D eigenvalue weighted by atomic mass is 9.74. The molecule has 1 aliphatic carbocycles. The third-order valence-corrected chi connectivity index (χ3v) is 5.92. The molecule has 1 unspecified atom stereocenters. The normalized spacial score (nSPS) is 18.6. The van der Waals surface area contributed by atoms with Crippen LogP contribution >= 0.6 is 31.9 Å². The zero-order valence-corrected chi connectivity index (χ0v) is 15.6. The second kappa shape index (κ2) is 6.91. The number of nitrogens with one attached hydrogen (secondary N) is 1. The van der Waals surface area contributed by atoms with Crippen LogP contribution in [0.25, 0.3) is 0 Å². The van der Waals surface area contributed by atoms with Crippen LogP contribution in [-0.4, -0.2) is 19.3 Å². The lowest BCUT2D eigenvalue weighted by Gasteiger charge is -2.43. The molecule has 1 aliphatic rings. The molecule has 0 aromatic heterocycles. The van der Waals surface area contributed by atoms with E-state index in [0.717, 1.165) is 13.0 Å². The smallest absolute Gasteiger partial charge is 0.0697 e. The maximum atomic E-state index is 5.80. The van der Waals surface area contributed by atoms with Crippen molar-refractivity contribution in [2.75, 3.05) is 13.7 Å². The summed E-state index contributed by atoms with van der Waals surface area (Å²) in [5.41, 5.74) is 2.64. The lowest BCUT2D eigenvalue weighted by Crippen LogP contribution is -2.43. The summed E-state index contributed by atoms with van der Waals surface area (Å²) in [7, 11) is 1.85. The molecular weight excluding hydrogens is 382 g/mol. The van der Waals surface area contributed by atoms with E-state index >= 15 is 0 Å². The fourth-order valence-electron chi connectivity index (χ4n) is 2.90. The Kier molecular flexibility index (Phi) is 5.69. The van der Waals surface area contributed by atoms with Gasteiger partial charge in [0.15, 0.2) is 0 Å². The highest BCUT2D eigenvalue weighted by Gasteiger charge is 2.39. The van der Waals surface area contributed by atoms with E-state index in [4.69, 9.17) is 4.74 Å². The minimum absolute atomic E-state index is 0.0731. The van der Waals surface area contributed by atoms with Crippen molar-refractivity contribution in [3.63, 3.8) is 0 Å². The summed E-state index contributed by atoms with van der Waals surface area (Å²) >= 11 is 7.37. The average molecular weight is 405 g/mol. The van der Waals surface area contributed by atoms with Gasteiger partial charge in [-0.05, 0) is 62.4 Å². The van der Waals surface area contributed by atoms with Crippen LogP contribution in [0.3, 0.4) is 0 Å². The van der Waals surface area contributed by atoms with Crippen LogP contribution in [0, 0.1) is 6.92 Å². The van der Waals surface area contributed by atoms with Crippen LogP contribution in [0.5, 0.6) is 0 Å². The minimum Gasteiger partial charge on any atom is -0.378 e. The minimum atomic E-state index is 0.0731. The first kappa shape index (κ1) is 16.5. The van der Waals surface area contributed by atoms with Crippen LogP contribution in [0.1, 0.15) is 49.8 Å². The molecule has 0 aliphatic heterocycles. The Bertz CT molecular complexity index is 466. The predicted octanol–water partition coefficient (Wildman–Crippen LogP) is 5.13. The van der Waals surface area contributed by atoms with Crippen molar-refractivity contribution in [2.45, 2.75) is 51.2 Å². The van der Waals surface area contributed by atoms with Gasteiger partial charge in [-0.25, -0.2) is 0 Å². The van der Waals surface area contributed by atoms with Gasteiger partial charge in [0.2, 0.25) is 0 Å². The first-order valence-electron chi connectivity index (χ1n) is 7.25. The summed E-state index contributed by atoms with van der Waals surface area (Å²) in [6.45, 7) is 5.23. The molecule has 0 radical (unpaired) electrons. The van der Waals surface area contributed by atoms with Gasteiger partial charge in [0.1, 0.15) is 0 Å². The van der Waals surface area contributed by atoms with E-state index < -0.39 is 0 Å². The van der Waals surface area contributed by atoms with Crippen molar-refractivity contribution in [2.24, 2.45) is 0 Å². The molecule has 1 aromatic carbocycles. The highest BCUT2D eigenvalue weighted by Crippen LogP contribution is 2.43. The van der Waals surface area contributed by atoms with Crippen molar-refractivity contribution < 1.29 is 4.74 Å². The third kappa shape index (κ3) is 3.46. The van der Waals surface area contributed by atoms with E-state index in [2.05, 4.69) is 63.2 Å². The number of aryl methyl sites for hydroxylation is 1. The van der Waals surface area contributed by atoms with Crippen molar-refractivity contribution in [1.29, 1.82) is 0 Å². The Balaban J connectivity index is 2.26. The Morgan fingerprint density at radius 2 is 2.00 bits per heavy atom. The molecule has 2 nitrogen and oxygen atoms in total. The summed E-state index contributed by atoms with van der Waals surface area (Å²) in [5.74, 6) is 0. The molecule has 1 atom stereocenters. The highest BCUT2D eigenvalue weighted by atomic mass is 79.9. The number of ether oxygens (including phenoxy) is 1. The molecule has 1 N–H and O–H groups in total. The van der Waals surface area contributed by atoms with Crippen LogP contribution in [-0.2, 0) is 4.74 Å². The third-order valence-electron chi connectivity index (χ3n) is 4.38. The predicted molar refractivity (Wildman–Crippen MR) is 91.2 cm³/mol. The maximum Gasteiger partial charge on any atom is 0.0697 e. The lowest BCUT2D eigenvalue weighted by molar-refractivity contribution is -0.0837. The topological polar surface area (TPSA) is 21.3 Å².